The van der Waals surface area contributed by atoms with Gasteiger partial charge in [0.25, 0.3) is 0 Å². The first-order valence-corrected chi connectivity index (χ1v) is 8.16. The second-order valence-electron chi connectivity index (χ2n) is 5.94. The molecule has 0 aromatic heterocycles. The van der Waals surface area contributed by atoms with Crippen LogP contribution in [0.1, 0.15) is 38.3 Å². The number of fused-ring (bicyclic) bond motifs is 1. The van der Waals surface area contributed by atoms with E-state index >= 15 is 0 Å². The van der Waals surface area contributed by atoms with Crippen LogP contribution in [0.2, 0.25) is 0 Å². The van der Waals surface area contributed by atoms with Crippen molar-refractivity contribution in [3.63, 3.8) is 0 Å². The summed E-state index contributed by atoms with van der Waals surface area (Å²) in [5.74, 6) is 0.164. The van der Waals surface area contributed by atoms with Crippen molar-refractivity contribution < 1.29 is 23.8 Å². The Labute approximate surface area is 146 Å². The van der Waals surface area contributed by atoms with Gasteiger partial charge in [0.05, 0.1) is 19.8 Å². The highest BCUT2D eigenvalue weighted by molar-refractivity contribution is 5.99. The fraction of sp³-hybridized carbons (Fsp3) is 0.300. The lowest BCUT2D eigenvalue weighted by Crippen LogP contribution is -2.14. The fourth-order valence-electron chi connectivity index (χ4n) is 2.97. The summed E-state index contributed by atoms with van der Waals surface area (Å²) in [7, 11) is 3.00. The lowest BCUT2D eigenvalue weighted by Gasteiger charge is -2.09. The van der Waals surface area contributed by atoms with E-state index in [-0.39, 0.29) is 18.0 Å². The Morgan fingerprint density at radius 3 is 2.24 bits per heavy atom. The number of carbonyl (C=O) groups is 2. The topological polar surface area (TPSA) is 61.8 Å². The van der Waals surface area contributed by atoms with Crippen molar-refractivity contribution in [1.82, 2.24) is 0 Å². The zero-order valence-electron chi connectivity index (χ0n) is 14.3. The van der Waals surface area contributed by atoms with E-state index in [1.807, 2.05) is 12.1 Å². The van der Waals surface area contributed by atoms with Crippen LogP contribution in [0.3, 0.4) is 0 Å². The number of esters is 1. The molecular weight excluding hydrogens is 320 g/mol. The first-order valence-electron chi connectivity index (χ1n) is 8.16. The van der Waals surface area contributed by atoms with Gasteiger partial charge in [0.2, 0.25) is 0 Å². The van der Waals surface area contributed by atoms with Gasteiger partial charge in [0, 0.05) is 11.6 Å². The standard InChI is InChI=1S/C20H20O5/c1-23-17-9-16(10-18(11-17)24-2)20(22)25-12-19(21)15-7-6-13-4-3-5-14(13)8-15/h6-11H,3-5,12H2,1-2H3. The van der Waals surface area contributed by atoms with E-state index in [1.165, 1.54) is 25.3 Å². The van der Waals surface area contributed by atoms with Crippen molar-refractivity contribution in [1.29, 1.82) is 0 Å². The summed E-state index contributed by atoms with van der Waals surface area (Å²) < 4.78 is 15.4. The molecule has 0 aliphatic heterocycles. The van der Waals surface area contributed by atoms with Crippen LogP contribution in [-0.2, 0) is 17.6 Å². The maximum atomic E-state index is 12.3. The lowest BCUT2D eigenvalue weighted by atomic mass is 10.0. The minimum absolute atomic E-state index is 0.210. The number of methoxy groups -OCH3 is 2. The van der Waals surface area contributed by atoms with Gasteiger partial charge in [-0.25, -0.2) is 4.79 Å². The van der Waals surface area contributed by atoms with Crippen LogP contribution in [-0.4, -0.2) is 32.6 Å². The van der Waals surface area contributed by atoms with Gasteiger partial charge in [0.15, 0.2) is 12.4 Å². The SMILES string of the molecule is COc1cc(OC)cc(C(=O)OCC(=O)c2ccc3c(c2)CCC3)c1. The molecule has 2 aromatic rings. The molecule has 1 aliphatic carbocycles. The predicted molar refractivity (Wildman–Crippen MR) is 92.6 cm³/mol. The molecule has 130 valence electrons. The predicted octanol–water partition coefficient (Wildman–Crippen LogP) is 3.23. The quantitative estimate of drug-likeness (QED) is 0.597. The monoisotopic (exact) mass is 340 g/mol. The number of benzene rings is 2. The van der Waals surface area contributed by atoms with Crippen molar-refractivity contribution in [2.45, 2.75) is 19.3 Å². The summed E-state index contributed by atoms with van der Waals surface area (Å²) in [4.78, 5) is 24.5. The zero-order chi connectivity index (χ0) is 17.8. The summed E-state index contributed by atoms with van der Waals surface area (Å²) in [5.41, 5.74) is 3.38. The molecule has 1 aliphatic rings. The maximum absolute atomic E-state index is 12.3. The Bertz CT molecular complexity index is 787. The van der Waals surface area contributed by atoms with Crippen LogP contribution < -0.4 is 9.47 Å². The lowest BCUT2D eigenvalue weighted by molar-refractivity contribution is 0.0474. The smallest absolute Gasteiger partial charge is 0.338 e. The minimum atomic E-state index is -0.591. The molecule has 0 spiro atoms. The van der Waals surface area contributed by atoms with Crippen LogP contribution in [0.15, 0.2) is 36.4 Å². The van der Waals surface area contributed by atoms with Gasteiger partial charge < -0.3 is 14.2 Å². The molecule has 0 saturated heterocycles. The number of aryl methyl sites for hydroxylation is 2. The second kappa shape index (κ2) is 7.38. The molecule has 0 saturated carbocycles. The Kier molecular flexibility index (Phi) is 5.03. The highest BCUT2D eigenvalue weighted by Gasteiger charge is 2.17. The number of rotatable bonds is 6. The first kappa shape index (κ1) is 17.0. The molecule has 0 unspecified atom stereocenters. The number of ether oxygens (including phenoxy) is 3. The highest BCUT2D eigenvalue weighted by Crippen LogP contribution is 2.24. The van der Waals surface area contributed by atoms with E-state index in [0.717, 1.165) is 19.3 Å². The van der Waals surface area contributed by atoms with Gasteiger partial charge in [-0.3, -0.25) is 4.79 Å². The molecular formula is C20H20O5. The number of carbonyl (C=O) groups excluding carboxylic acids is 2. The highest BCUT2D eigenvalue weighted by atomic mass is 16.5. The van der Waals surface area contributed by atoms with Gasteiger partial charge >= 0.3 is 5.97 Å². The maximum Gasteiger partial charge on any atom is 0.338 e. The number of hydrogen-bond donors (Lipinski definition) is 0. The summed E-state index contributed by atoms with van der Waals surface area (Å²) >= 11 is 0. The Morgan fingerprint density at radius 1 is 0.880 bits per heavy atom. The summed E-state index contributed by atoms with van der Waals surface area (Å²) in [6, 6.07) is 10.5. The summed E-state index contributed by atoms with van der Waals surface area (Å²) in [6.45, 7) is -0.294. The van der Waals surface area contributed by atoms with Crippen LogP contribution in [0, 0.1) is 0 Å². The van der Waals surface area contributed by atoms with Crippen LogP contribution in [0.5, 0.6) is 11.5 Å². The molecule has 0 radical (unpaired) electrons. The molecule has 0 fully saturated rings. The average molecular weight is 340 g/mol. The van der Waals surface area contributed by atoms with E-state index in [1.54, 1.807) is 24.3 Å². The molecule has 0 N–H and O–H groups in total. The molecule has 0 atom stereocenters. The van der Waals surface area contributed by atoms with Crippen LogP contribution in [0.4, 0.5) is 0 Å². The van der Waals surface area contributed by atoms with Crippen LogP contribution in [0.25, 0.3) is 0 Å². The Balaban J connectivity index is 1.67. The molecule has 3 rings (SSSR count). The summed E-state index contributed by atoms with van der Waals surface area (Å²) in [6.07, 6.45) is 3.19. The molecule has 0 amide bonds. The number of Topliss-reactive ketones (excluding diaryl/α,β-unsaturated/α-hetero) is 1. The molecule has 5 heteroatoms. The van der Waals surface area contributed by atoms with Crippen LogP contribution >= 0.6 is 0 Å². The van der Waals surface area contributed by atoms with Crippen molar-refractivity contribution in [2.24, 2.45) is 0 Å². The molecule has 0 heterocycles. The van der Waals surface area contributed by atoms with Crippen molar-refractivity contribution in [3.8, 4) is 11.5 Å². The average Bonchev–Trinajstić information content (AvgIpc) is 3.12. The van der Waals surface area contributed by atoms with E-state index in [4.69, 9.17) is 14.2 Å². The number of ketones is 1. The van der Waals surface area contributed by atoms with E-state index in [2.05, 4.69) is 0 Å². The fourth-order valence-corrected chi connectivity index (χ4v) is 2.97. The van der Waals surface area contributed by atoms with Gasteiger partial charge in [-0.1, -0.05) is 12.1 Å². The van der Waals surface area contributed by atoms with Crippen molar-refractivity contribution >= 4 is 11.8 Å². The largest absolute Gasteiger partial charge is 0.497 e. The third-order valence-corrected chi connectivity index (χ3v) is 4.34. The summed E-state index contributed by atoms with van der Waals surface area (Å²) in [5, 5.41) is 0. The van der Waals surface area contributed by atoms with Gasteiger partial charge in [-0.05, 0) is 48.6 Å². The molecule has 2 aromatic carbocycles. The normalized spacial score (nSPS) is 12.4. The van der Waals surface area contributed by atoms with E-state index in [0.29, 0.717) is 17.1 Å². The second-order valence-corrected chi connectivity index (χ2v) is 5.94. The van der Waals surface area contributed by atoms with E-state index < -0.39 is 5.97 Å². The third-order valence-electron chi connectivity index (χ3n) is 4.34. The van der Waals surface area contributed by atoms with Gasteiger partial charge in [0.1, 0.15) is 11.5 Å². The first-order chi connectivity index (χ1) is 12.1. The molecule has 0 bridgehead atoms. The Morgan fingerprint density at radius 2 is 1.56 bits per heavy atom. The third kappa shape index (κ3) is 3.82. The number of hydrogen-bond acceptors (Lipinski definition) is 5. The minimum Gasteiger partial charge on any atom is -0.497 e. The molecule has 5 nitrogen and oxygen atoms in total. The van der Waals surface area contributed by atoms with Gasteiger partial charge in [-0.2, -0.15) is 0 Å². The van der Waals surface area contributed by atoms with Gasteiger partial charge in [-0.15, -0.1) is 0 Å². The van der Waals surface area contributed by atoms with Crippen molar-refractivity contribution in [2.75, 3.05) is 20.8 Å². The zero-order valence-corrected chi connectivity index (χ0v) is 14.3. The molecule has 25 heavy (non-hydrogen) atoms. The van der Waals surface area contributed by atoms with Crippen molar-refractivity contribution in [3.05, 3.63) is 58.7 Å². The Hall–Kier alpha value is -2.82. The van der Waals surface area contributed by atoms with E-state index in [9.17, 15) is 9.59 Å².